The highest BCUT2D eigenvalue weighted by molar-refractivity contribution is 8.01. The zero-order valence-corrected chi connectivity index (χ0v) is 22.5. The number of hydrogen-bond acceptors (Lipinski definition) is 10. The van der Waals surface area contributed by atoms with Crippen LogP contribution in [0.5, 0.6) is 0 Å². The summed E-state index contributed by atoms with van der Waals surface area (Å²) in [5.74, 6) is -1.39. The van der Waals surface area contributed by atoms with Gasteiger partial charge < -0.3 is 4.74 Å². The van der Waals surface area contributed by atoms with Crippen LogP contribution in [0.15, 0.2) is 38.5 Å². The molecule has 11 heteroatoms. The number of nitrogens with one attached hydrogen (secondary N) is 1. The summed E-state index contributed by atoms with van der Waals surface area (Å²) in [7, 11) is -2.66. The number of ketones is 1. The first-order valence-electron chi connectivity index (χ1n) is 10.2. The van der Waals surface area contributed by atoms with E-state index in [4.69, 9.17) is 4.74 Å². The van der Waals surface area contributed by atoms with Crippen LogP contribution in [0.1, 0.15) is 60.2 Å². The fourth-order valence-electron chi connectivity index (χ4n) is 2.86. The van der Waals surface area contributed by atoms with Crippen LogP contribution in [0.2, 0.25) is 0 Å². The molecule has 0 radical (unpaired) electrons. The highest BCUT2D eigenvalue weighted by Crippen LogP contribution is 2.43. The van der Waals surface area contributed by atoms with Gasteiger partial charge in [-0.25, -0.2) is 13.2 Å². The molecular formula is C23H27N3O5S3. The highest BCUT2D eigenvalue weighted by atomic mass is 32.2. The van der Waals surface area contributed by atoms with Crippen molar-refractivity contribution in [1.29, 1.82) is 5.26 Å². The molecule has 0 unspecified atom stereocenters. The molecule has 1 N–H and O–H groups in total. The third-order valence-electron chi connectivity index (χ3n) is 4.91. The number of esters is 1. The first-order chi connectivity index (χ1) is 15.8. The Hall–Kier alpha value is -2.68. The first-order valence-corrected chi connectivity index (χ1v) is 13.8. The summed E-state index contributed by atoms with van der Waals surface area (Å²) in [5, 5.41) is 12.7. The molecule has 8 nitrogen and oxygen atoms in total. The van der Waals surface area contributed by atoms with Crippen molar-refractivity contribution in [3.63, 3.8) is 0 Å². The van der Waals surface area contributed by atoms with Crippen LogP contribution < -0.4 is 5.43 Å². The molecule has 0 bridgehead atoms. The average Bonchev–Trinajstić information content (AvgIpc) is 3.17. The summed E-state index contributed by atoms with van der Waals surface area (Å²) in [6.07, 6.45) is 1.69. The van der Waals surface area contributed by atoms with Crippen molar-refractivity contribution in [3.8, 4) is 6.07 Å². The van der Waals surface area contributed by atoms with Gasteiger partial charge in [-0.15, -0.1) is 23.1 Å². The zero-order chi connectivity index (χ0) is 25.8. The van der Waals surface area contributed by atoms with Gasteiger partial charge in [0, 0.05) is 5.56 Å². The van der Waals surface area contributed by atoms with Crippen LogP contribution in [0, 0.1) is 11.3 Å². The quantitative estimate of drug-likeness (QED) is 0.171. The lowest BCUT2D eigenvalue weighted by molar-refractivity contribution is 0.0607. The monoisotopic (exact) mass is 521 g/mol. The van der Waals surface area contributed by atoms with Crippen LogP contribution in [-0.4, -0.2) is 44.5 Å². The van der Waals surface area contributed by atoms with Gasteiger partial charge in [0.2, 0.25) is 11.5 Å². The molecule has 1 aromatic carbocycles. The van der Waals surface area contributed by atoms with E-state index in [0.29, 0.717) is 4.21 Å². The molecule has 0 saturated carbocycles. The largest absolute Gasteiger partial charge is 0.465 e. The van der Waals surface area contributed by atoms with Gasteiger partial charge in [-0.1, -0.05) is 45.0 Å². The number of methoxy groups -OCH3 is 1. The number of anilines is 1. The van der Waals surface area contributed by atoms with Crippen molar-refractivity contribution >= 4 is 56.1 Å². The fraction of sp³-hybridized carbons (Fsp3) is 0.391. The van der Waals surface area contributed by atoms with Gasteiger partial charge in [-0.2, -0.15) is 10.4 Å². The Morgan fingerprint density at radius 3 is 2.24 bits per heavy atom. The van der Waals surface area contributed by atoms with Crippen LogP contribution >= 0.6 is 23.1 Å². The van der Waals surface area contributed by atoms with E-state index in [9.17, 15) is 23.3 Å². The first kappa shape index (κ1) is 27.6. The van der Waals surface area contributed by atoms with Gasteiger partial charge in [-0.3, -0.25) is 10.2 Å². The molecule has 182 valence electrons. The van der Waals surface area contributed by atoms with Gasteiger partial charge >= 0.3 is 5.97 Å². The Bertz CT molecular complexity index is 1260. The van der Waals surface area contributed by atoms with E-state index in [1.807, 2.05) is 32.9 Å². The lowest BCUT2D eigenvalue weighted by Gasteiger charge is -2.18. The number of sulfone groups is 1. The second-order valence-corrected chi connectivity index (χ2v) is 13.1. The molecular weight excluding hydrogens is 494 g/mol. The minimum atomic E-state index is -3.83. The number of rotatable bonds is 8. The van der Waals surface area contributed by atoms with Gasteiger partial charge in [0.1, 0.15) is 21.5 Å². The third-order valence-corrected chi connectivity index (χ3v) is 9.68. The number of Topliss-reactive ketones (excluding diaryl/α,β-unsaturated/α-hetero) is 1. The summed E-state index contributed by atoms with van der Waals surface area (Å²) < 4.78 is 31.3. The van der Waals surface area contributed by atoms with E-state index in [1.54, 1.807) is 24.5 Å². The van der Waals surface area contributed by atoms with E-state index < -0.39 is 32.6 Å². The number of thioether (sulfide) groups is 1. The Morgan fingerprint density at radius 2 is 1.79 bits per heavy atom. The maximum atomic E-state index is 13.1. The number of ether oxygens (including phenoxy) is 1. The number of benzene rings is 1. The standard InChI is InChI=1S/C23H27N3O5S3/c1-13(2)34(29,30)20-17(19(21(28)31-6)33-22(20)32-7)26-25-16(12-24)18(27)14-8-10-15(11-9-14)23(3,4)5/h8-11,13,26H,1-7H3/b25-16+. The lowest BCUT2D eigenvalue weighted by atomic mass is 9.86. The second kappa shape index (κ2) is 10.7. The van der Waals surface area contributed by atoms with Gasteiger partial charge in [-0.05, 0) is 31.1 Å². The molecule has 2 aromatic rings. The molecule has 0 spiro atoms. The van der Waals surface area contributed by atoms with Crippen LogP contribution in [0.3, 0.4) is 0 Å². The van der Waals surface area contributed by atoms with Crippen molar-refractivity contribution in [3.05, 3.63) is 40.3 Å². The third kappa shape index (κ3) is 5.68. The van der Waals surface area contributed by atoms with Gasteiger partial charge in [0.05, 0.1) is 16.6 Å². The molecule has 34 heavy (non-hydrogen) atoms. The van der Waals surface area contributed by atoms with E-state index in [1.165, 1.54) is 21.0 Å². The topological polar surface area (TPSA) is 126 Å². The Balaban J connectivity index is 2.57. The number of hydrazone groups is 1. The molecule has 0 atom stereocenters. The van der Waals surface area contributed by atoms with Crippen molar-refractivity contribution in [2.24, 2.45) is 5.10 Å². The van der Waals surface area contributed by atoms with E-state index in [-0.39, 0.29) is 26.4 Å². The molecule has 0 fully saturated rings. The molecule has 2 rings (SSSR count). The van der Waals surface area contributed by atoms with Crippen LogP contribution in [0.4, 0.5) is 5.69 Å². The summed E-state index contributed by atoms with van der Waals surface area (Å²) in [6, 6.07) is 8.59. The second-order valence-electron chi connectivity index (χ2n) is 8.55. The number of carbonyl (C=O) groups excluding carboxylic acids is 2. The maximum Gasteiger partial charge on any atom is 0.350 e. The molecule has 1 aromatic heterocycles. The van der Waals surface area contributed by atoms with Gasteiger partial charge in [0.15, 0.2) is 9.84 Å². The number of hydrogen-bond donors (Lipinski definition) is 1. The summed E-state index contributed by atoms with van der Waals surface area (Å²) in [4.78, 5) is 25.1. The summed E-state index contributed by atoms with van der Waals surface area (Å²) in [5.41, 5.74) is 3.09. The number of carbonyl (C=O) groups is 2. The van der Waals surface area contributed by atoms with E-state index in [2.05, 4.69) is 10.5 Å². The van der Waals surface area contributed by atoms with E-state index >= 15 is 0 Å². The molecule has 0 aliphatic rings. The number of nitrogens with zero attached hydrogens (tertiary/aromatic N) is 2. The lowest BCUT2D eigenvalue weighted by Crippen LogP contribution is -2.18. The summed E-state index contributed by atoms with van der Waals surface area (Å²) in [6.45, 7) is 9.17. The fourth-order valence-corrected chi connectivity index (χ4v) is 6.80. The molecule has 0 aliphatic carbocycles. The Morgan fingerprint density at radius 1 is 1.21 bits per heavy atom. The smallest absolute Gasteiger partial charge is 0.350 e. The highest BCUT2D eigenvalue weighted by Gasteiger charge is 2.33. The predicted octanol–water partition coefficient (Wildman–Crippen LogP) is 4.91. The van der Waals surface area contributed by atoms with Crippen LogP contribution in [-0.2, 0) is 20.0 Å². The minimum Gasteiger partial charge on any atom is -0.465 e. The van der Waals surface area contributed by atoms with Crippen LogP contribution in [0.25, 0.3) is 0 Å². The molecule has 0 aliphatic heterocycles. The van der Waals surface area contributed by atoms with Crippen molar-refractivity contribution in [1.82, 2.24) is 0 Å². The van der Waals surface area contributed by atoms with E-state index in [0.717, 1.165) is 28.7 Å². The number of thiophene rings is 1. The summed E-state index contributed by atoms with van der Waals surface area (Å²) >= 11 is 2.10. The zero-order valence-electron chi connectivity index (χ0n) is 20.0. The Kier molecular flexibility index (Phi) is 8.69. The minimum absolute atomic E-state index is 0.0194. The van der Waals surface area contributed by atoms with Crippen molar-refractivity contribution in [2.45, 2.75) is 54.4 Å². The SMILES string of the molecule is COC(=O)c1sc(SC)c(S(=O)(=O)C(C)C)c1N/N=C(\C#N)C(=O)c1ccc(C(C)(C)C)cc1. The molecule has 1 heterocycles. The molecule has 0 amide bonds. The van der Waals surface area contributed by atoms with Crippen molar-refractivity contribution < 1.29 is 22.7 Å². The number of nitriles is 1. The molecule has 0 saturated heterocycles. The average molecular weight is 522 g/mol. The van der Waals surface area contributed by atoms with Crippen molar-refractivity contribution in [2.75, 3.05) is 18.8 Å². The van der Waals surface area contributed by atoms with Gasteiger partial charge in [0.25, 0.3) is 0 Å². The maximum absolute atomic E-state index is 13.1. The predicted molar refractivity (Wildman–Crippen MR) is 136 cm³/mol. The Labute approximate surface area is 208 Å². The normalized spacial score (nSPS) is 12.4.